The smallest absolute Gasteiger partial charge is 0.268 e. The van der Waals surface area contributed by atoms with Crippen molar-refractivity contribution in [2.45, 2.75) is 264 Å². The van der Waals surface area contributed by atoms with Gasteiger partial charge in [0.15, 0.2) is 0 Å². The number of quaternary nitrogens is 1. The van der Waals surface area contributed by atoms with Crippen LogP contribution in [0.25, 0.3) is 0 Å². The van der Waals surface area contributed by atoms with Crippen molar-refractivity contribution < 1.29 is 32.9 Å². The Morgan fingerprint density at radius 2 is 0.884 bits per heavy atom. The lowest BCUT2D eigenvalue weighted by Gasteiger charge is -2.29. The summed E-state index contributed by atoms with van der Waals surface area (Å²) in [6.07, 6.45) is 70.2. The molecule has 0 aliphatic heterocycles. The molecule has 3 unspecified atom stereocenters. The molecule has 9 heteroatoms. The van der Waals surface area contributed by atoms with E-state index in [0.29, 0.717) is 17.4 Å². The molecule has 0 aromatic carbocycles. The summed E-state index contributed by atoms with van der Waals surface area (Å²) in [5, 5.41) is 13.7. The molecule has 0 saturated carbocycles. The topological polar surface area (TPSA) is 108 Å². The van der Waals surface area contributed by atoms with E-state index in [1.54, 1.807) is 6.08 Å². The number of allylic oxidation sites excluding steroid dienone is 11. The van der Waals surface area contributed by atoms with Gasteiger partial charge in [-0.25, -0.2) is 0 Å². The van der Waals surface area contributed by atoms with E-state index in [2.05, 4.69) is 79.9 Å². The van der Waals surface area contributed by atoms with Crippen molar-refractivity contribution in [3.8, 4) is 0 Å². The zero-order chi connectivity index (χ0) is 50.6. The van der Waals surface area contributed by atoms with Crippen molar-refractivity contribution in [2.24, 2.45) is 0 Å². The number of aliphatic hydroxyl groups is 1. The van der Waals surface area contributed by atoms with Gasteiger partial charge in [-0.3, -0.25) is 9.36 Å². The van der Waals surface area contributed by atoms with Crippen molar-refractivity contribution >= 4 is 13.7 Å². The fraction of sp³-hybridized carbons (Fsp3) is 0.783. The van der Waals surface area contributed by atoms with Gasteiger partial charge in [-0.2, -0.15) is 0 Å². The van der Waals surface area contributed by atoms with Crippen molar-refractivity contribution in [1.82, 2.24) is 5.32 Å². The normalized spacial score (nSPS) is 14.5. The van der Waals surface area contributed by atoms with Crippen molar-refractivity contribution in [2.75, 3.05) is 40.9 Å². The summed E-state index contributed by atoms with van der Waals surface area (Å²) in [4.78, 5) is 25.3. The van der Waals surface area contributed by atoms with Gasteiger partial charge in [0.2, 0.25) is 5.91 Å². The number of hydrogen-bond acceptors (Lipinski definition) is 6. The van der Waals surface area contributed by atoms with Gasteiger partial charge in [0.1, 0.15) is 13.2 Å². The lowest BCUT2D eigenvalue weighted by Crippen LogP contribution is -2.45. The zero-order valence-electron chi connectivity index (χ0n) is 45.8. The Hall–Kier alpha value is -2.06. The lowest BCUT2D eigenvalue weighted by atomic mass is 10.0. The van der Waals surface area contributed by atoms with E-state index in [1.165, 1.54) is 161 Å². The van der Waals surface area contributed by atoms with Gasteiger partial charge < -0.3 is 28.8 Å². The molecule has 8 nitrogen and oxygen atoms in total. The number of carbonyl (C=O) groups is 1. The van der Waals surface area contributed by atoms with E-state index in [1.807, 2.05) is 27.2 Å². The summed E-state index contributed by atoms with van der Waals surface area (Å²) < 4.78 is 23.2. The largest absolute Gasteiger partial charge is 0.756 e. The van der Waals surface area contributed by atoms with Crippen LogP contribution in [0.5, 0.6) is 0 Å². The lowest BCUT2D eigenvalue weighted by molar-refractivity contribution is -0.870. The number of hydrogen-bond donors (Lipinski definition) is 2. The second-order valence-corrected chi connectivity index (χ2v) is 22.0. The fourth-order valence-electron chi connectivity index (χ4n) is 8.18. The molecule has 0 heterocycles. The highest BCUT2D eigenvalue weighted by Crippen LogP contribution is 2.38. The van der Waals surface area contributed by atoms with Crippen LogP contribution in [0, 0.1) is 0 Å². The molecule has 1 amide bonds. The third-order valence-electron chi connectivity index (χ3n) is 12.7. The molecule has 0 aromatic rings. The Morgan fingerprint density at radius 3 is 1.29 bits per heavy atom. The highest BCUT2D eigenvalue weighted by molar-refractivity contribution is 7.45. The summed E-state index contributed by atoms with van der Waals surface area (Å²) >= 11 is 0. The molecule has 0 aromatic heterocycles. The monoisotopic (exact) mass is 987 g/mol. The molecule has 402 valence electrons. The van der Waals surface area contributed by atoms with Crippen molar-refractivity contribution in [3.63, 3.8) is 0 Å². The average Bonchev–Trinajstić information content (AvgIpc) is 3.31. The molecule has 2 N–H and O–H groups in total. The van der Waals surface area contributed by atoms with Crippen LogP contribution in [-0.4, -0.2) is 68.5 Å². The Morgan fingerprint density at radius 1 is 0.522 bits per heavy atom. The minimum absolute atomic E-state index is 0.00136. The Bertz CT molecular complexity index is 1350. The van der Waals surface area contributed by atoms with Gasteiger partial charge in [0.25, 0.3) is 7.82 Å². The van der Waals surface area contributed by atoms with Crippen LogP contribution in [0.15, 0.2) is 72.9 Å². The second-order valence-electron chi connectivity index (χ2n) is 20.6. The molecule has 0 spiro atoms. The average molecular weight is 988 g/mol. The third kappa shape index (κ3) is 53.6. The number of phosphoric acid groups is 1. The third-order valence-corrected chi connectivity index (χ3v) is 13.6. The van der Waals surface area contributed by atoms with Crippen LogP contribution >= 0.6 is 7.82 Å². The SMILES string of the molecule is CC/C=C\C/C=C\C/C=C\C/C=C\C/C=C\CCCCCCCCCCCCCCCCCCCCCCCCCC(=O)NC(COP(=O)([O-])OCC[N+](C)(C)C)C(O)/C=C/CCCCCCCC. The first-order chi connectivity index (χ1) is 33.5. The summed E-state index contributed by atoms with van der Waals surface area (Å²) in [5.74, 6) is -0.199. The first-order valence-electron chi connectivity index (χ1n) is 28.8. The first-order valence-corrected chi connectivity index (χ1v) is 30.3. The molecule has 0 aliphatic rings. The number of phosphoric ester groups is 1. The van der Waals surface area contributed by atoms with E-state index in [-0.39, 0.29) is 19.1 Å². The number of amides is 1. The Labute approximate surface area is 427 Å². The van der Waals surface area contributed by atoms with Crippen LogP contribution in [0.3, 0.4) is 0 Å². The molecule has 0 bridgehead atoms. The highest BCUT2D eigenvalue weighted by atomic mass is 31.2. The van der Waals surface area contributed by atoms with E-state index in [0.717, 1.165) is 70.6 Å². The van der Waals surface area contributed by atoms with Crippen LogP contribution in [0.1, 0.15) is 251 Å². The predicted octanol–water partition coefficient (Wildman–Crippen LogP) is 16.9. The van der Waals surface area contributed by atoms with Gasteiger partial charge in [-0.05, 0) is 64.2 Å². The van der Waals surface area contributed by atoms with Crippen LogP contribution in [0.2, 0.25) is 0 Å². The summed E-state index contributed by atoms with van der Waals surface area (Å²) in [5.41, 5.74) is 0. The maximum atomic E-state index is 12.9. The summed E-state index contributed by atoms with van der Waals surface area (Å²) in [7, 11) is 1.26. The Balaban J connectivity index is 3.81. The van der Waals surface area contributed by atoms with E-state index < -0.39 is 20.0 Å². The molecule has 0 rings (SSSR count). The number of aliphatic hydroxyl groups excluding tert-OH is 1. The number of rotatable bonds is 52. The maximum Gasteiger partial charge on any atom is 0.268 e. The molecular weight excluding hydrogens is 876 g/mol. The summed E-state index contributed by atoms with van der Waals surface area (Å²) in [6, 6.07) is -0.884. The van der Waals surface area contributed by atoms with E-state index in [4.69, 9.17) is 9.05 Å². The molecule has 0 fully saturated rings. The minimum Gasteiger partial charge on any atom is -0.756 e. The molecule has 0 radical (unpaired) electrons. The van der Waals surface area contributed by atoms with Gasteiger partial charge in [-0.15, -0.1) is 0 Å². The van der Waals surface area contributed by atoms with E-state index in [9.17, 15) is 19.4 Å². The number of carbonyl (C=O) groups excluding carboxylic acids is 1. The first kappa shape index (κ1) is 66.9. The van der Waals surface area contributed by atoms with Gasteiger partial charge in [0, 0.05) is 6.42 Å². The molecule has 0 saturated heterocycles. The van der Waals surface area contributed by atoms with Crippen LogP contribution in [0.4, 0.5) is 0 Å². The Kier molecular flexibility index (Phi) is 49.3. The van der Waals surface area contributed by atoms with Gasteiger partial charge >= 0.3 is 0 Å². The number of nitrogens with one attached hydrogen (secondary N) is 1. The standard InChI is InChI=1S/C60H111N2O6P/c1-6-8-10-12-14-16-17-18-19-20-21-22-23-24-25-26-27-28-29-30-31-32-33-34-35-36-37-38-39-40-41-42-43-44-45-46-48-50-52-54-60(64)61-58(57-68-69(65,66)67-56-55-62(3,4)5)59(63)53-51-49-47-15-13-11-9-7-2/h8,10,14,16,18-19,21-22,24-25,51,53,58-59,63H,6-7,9,11-13,15,17,20,23,26-50,52,54-57H2,1-5H3,(H-,61,64,65,66)/b10-8-,16-14-,19-18-,22-21-,25-24-,53-51+. The second kappa shape index (κ2) is 50.9. The van der Waals surface area contributed by atoms with Crippen molar-refractivity contribution in [1.29, 1.82) is 0 Å². The summed E-state index contributed by atoms with van der Waals surface area (Å²) in [6.45, 7) is 4.49. The zero-order valence-corrected chi connectivity index (χ0v) is 46.6. The minimum atomic E-state index is -4.58. The molecule has 0 aliphatic carbocycles. The molecular formula is C60H111N2O6P. The number of likely N-dealkylation sites (N-methyl/N-ethyl adjacent to an activating group) is 1. The van der Waals surface area contributed by atoms with Crippen LogP contribution in [-0.2, 0) is 18.4 Å². The fourth-order valence-corrected chi connectivity index (χ4v) is 8.90. The predicted molar refractivity (Wildman–Crippen MR) is 297 cm³/mol. The van der Waals surface area contributed by atoms with Gasteiger partial charge in [0.05, 0.1) is 39.9 Å². The maximum absolute atomic E-state index is 12.9. The molecule has 69 heavy (non-hydrogen) atoms. The highest BCUT2D eigenvalue weighted by Gasteiger charge is 2.23. The molecule has 3 atom stereocenters. The van der Waals surface area contributed by atoms with Crippen molar-refractivity contribution in [3.05, 3.63) is 72.9 Å². The van der Waals surface area contributed by atoms with Crippen LogP contribution < -0.4 is 10.2 Å². The quantitative estimate of drug-likeness (QED) is 0.0272. The van der Waals surface area contributed by atoms with Gasteiger partial charge in [-0.1, -0.05) is 254 Å². The number of unbranched alkanes of at least 4 members (excludes halogenated alkanes) is 29. The number of nitrogens with zero attached hydrogens (tertiary/aromatic N) is 1. The van der Waals surface area contributed by atoms with E-state index >= 15 is 0 Å².